The van der Waals surface area contributed by atoms with Gasteiger partial charge in [0.05, 0.1) is 0 Å². The predicted octanol–water partition coefficient (Wildman–Crippen LogP) is 4.56. The summed E-state index contributed by atoms with van der Waals surface area (Å²) in [5.41, 5.74) is 3.34. The maximum atomic E-state index is 12.1. The quantitative estimate of drug-likeness (QED) is 0.615. The van der Waals surface area contributed by atoms with E-state index in [4.69, 9.17) is 4.42 Å². The van der Waals surface area contributed by atoms with Crippen molar-refractivity contribution in [2.75, 3.05) is 36.4 Å². The molecule has 1 saturated heterocycles. The van der Waals surface area contributed by atoms with Crippen molar-refractivity contribution in [1.82, 2.24) is 4.90 Å². The van der Waals surface area contributed by atoms with Gasteiger partial charge >= 0.3 is 0 Å². The van der Waals surface area contributed by atoms with Gasteiger partial charge in [-0.05, 0) is 55.0 Å². The van der Waals surface area contributed by atoms with E-state index < -0.39 is 0 Å². The Labute approximate surface area is 177 Å². The molecule has 0 spiro atoms. The molecule has 1 aliphatic rings. The van der Waals surface area contributed by atoms with Crippen molar-refractivity contribution >= 4 is 23.4 Å². The fraction of sp³-hybridized carbons (Fsp3) is 0.240. The summed E-state index contributed by atoms with van der Waals surface area (Å²) in [5, 5.41) is 2.89. The van der Waals surface area contributed by atoms with Crippen LogP contribution < -0.4 is 10.2 Å². The number of nitrogens with one attached hydrogen (secondary N) is 1. The Hall–Kier alpha value is -3.31. The lowest BCUT2D eigenvalue weighted by molar-refractivity contribution is -0.111. The highest BCUT2D eigenvalue weighted by atomic mass is 16.3. The van der Waals surface area contributed by atoms with Crippen LogP contribution in [-0.4, -0.2) is 37.0 Å². The average Bonchev–Trinajstić information content (AvgIpc) is 3.19. The lowest BCUT2D eigenvalue weighted by atomic mass is 10.2. The summed E-state index contributed by atoms with van der Waals surface area (Å²) in [4.78, 5) is 17.0. The Kier molecular flexibility index (Phi) is 6.30. The molecule has 2 aromatic carbocycles. The molecule has 1 amide bonds. The Balaban J connectivity index is 1.26. The number of anilines is 2. The van der Waals surface area contributed by atoms with Crippen LogP contribution in [0.25, 0.3) is 6.08 Å². The fourth-order valence-corrected chi connectivity index (χ4v) is 3.65. The highest BCUT2D eigenvalue weighted by Gasteiger charge is 2.17. The number of furan rings is 1. The summed E-state index contributed by atoms with van der Waals surface area (Å²) in [6, 6.07) is 22.4. The first kappa shape index (κ1) is 20.0. The number of benzene rings is 2. The Morgan fingerprint density at radius 1 is 0.967 bits per heavy atom. The Morgan fingerprint density at radius 3 is 2.37 bits per heavy atom. The van der Waals surface area contributed by atoms with E-state index >= 15 is 0 Å². The molecule has 0 saturated carbocycles. The van der Waals surface area contributed by atoms with Gasteiger partial charge in [0.25, 0.3) is 0 Å². The SMILES string of the molecule is Cc1ccc(/C=C/C(=O)Nc2ccc(N3CCN(Cc4ccccc4)CC3)cc2)o1. The van der Waals surface area contributed by atoms with E-state index in [0.717, 1.165) is 44.2 Å². The van der Waals surface area contributed by atoms with Crippen LogP contribution in [0.1, 0.15) is 17.1 Å². The second kappa shape index (κ2) is 9.46. The number of amides is 1. The number of aryl methyl sites for hydroxylation is 1. The van der Waals surface area contributed by atoms with Gasteiger partial charge in [0.2, 0.25) is 5.91 Å². The van der Waals surface area contributed by atoms with Crippen LogP contribution in [0.5, 0.6) is 0 Å². The molecule has 30 heavy (non-hydrogen) atoms. The highest BCUT2D eigenvalue weighted by molar-refractivity contribution is 6.01. The first-order chi connectivity index (χ1) is 14.7. The molecule has 5 heteroatoms. The van der Waals surface area contributed by atoms with Crippen molar-refractivity contribution in [3.05, 3.63) is 89.9 Å². The normalized spacial score (nSPS) is 14.9. The third-order valence-electron chi connectivity index (χ3n) is 5.28. The van der Waals surface area contributed by atoms with Gasteiger partial charge < -0.3 is 14.6 Å². The van der Waals surface area contributed by atoms with Crippen LogP contribution in [0.2, 0.25) is 0 Å². The predicted molar refractivity (Wildman–Crippen MR) is 121 cm³/mol. The molecule has 4 rings (SSSR count). The Morgan fingerprint density at radius 2 is 1.70 bits per heavy atom. The number of carbonyl (C=O) groups is 1. The molecule has 0 radical (unpaired) electrons. The Bertz CT molecular complexity index is 985. The zero-order valence-electron chi connectivity index (χ0n) is 17.3. The number of hydrogen-bond acceptors (Lipinski definition) is 4. The monoisotopic (exact) mass is 401 g/mol. The van der Waals surface area contributed by atoms with Crippen LogP contribution in [0, 0.1) is 6.92 Å². The van der Waals surface area contributed by atoms with Gasteiger partial charge in [-0.2, -0.15) is 0 Å². The molecule has 3 aromatic rings. The molecule has 1 aromatic heterocycles. The minimum absolute atomic E-state index is 0.175. The summed E-state index contributed by atoms with van der Waals surface area (Å²) in [7, 11) is 0. The van der Waals surface area contributed by atoms with Crippen molar-refractivity contribution in [3.8, 4) is 0 Å². The van der Waals surface area contributed by atoms with Crippen LogP contribution >= 0.6 is 0 Å². The summed E-state index contributed by atoms with van der Waals surface area (Å²) >= 11 is 0. The first-order valence-electron chi connectivity index (χ1n) is 10.3. The molecular formula is C25H27N3O2. The fourth-order valence-electron chi connectivity index (χ4n) is 3.65. The van der Waals surface area contributed by atoms with E-state index in [1.807, 2.05) is 31.2 Å². The second-order valence-corrected chi connectivity index (χ2v) is 7.57. The largest absolute Gasteiger partial charge is 0.462 e. The standard InChI is InChI=1S/C25H27N3O2/c1-20-7-12-24(30-20)13-14-25(29)26-22-8-10-23(11-9-22)28-17-15-27(16-18-28)19-21-5-3-2-4-6-21/h2-14H,15-19H2,1H3,(H,26,29)/b14-13+. The third kappa shape index (κ3) is 5.39. The zero-order chi connectivity index (χ0) is 20.8. The molecule has 2 heterocycles. The van der Waals surface area contributed by atoms with E-state index in [2.05, 4.69) is 57.6 Å². The molecule has 154 valence electrons. The van der Waals surface area contributed by atoms with E-state index in [-0.39, 0.29) is 5.91 Å². The zero-order valence-corrected chi connectivity index (χ0v) is 17.3. The van der Waals surface area contributed by atoms with Crippen molar-refractivity contribution < 1.29 is 9.21 Å². The number of carbonyl (C=O) groups excluding carboxylic acids is 1. The van der Waals surface area contributed by atoms with Crippen LogP contribution in [0.3, 0.4) is 0 Å². The van der Waals surface area contributed by atoms with Crippen molar-refractivity contribution in [3.63, 3.8) is 0 Å². The summed E-state index contributed by atoms with van der Waals surface area (Å²) in [6.45, 7) is 6.98. The van der Waals surface area contributed by atoms with Crippen molar-refractivity contribution in [1.29, 1.82) is 0 Å². The number of nitrogens with zero attached hydrogens (tertiary/aromatic N) is 2. The maximum absolute atomic E-state index is 12.1. The molecule has 0 unspecified atom stereocenters. The lowest BCUT2D eigenvalue weighted by Gasteiger charge is -2.36. The molecule has 0 atom stereocenters. The van der Waals surface area contributed by atoms with Crippen LogP contribution in [0.4, 0.5) is 11.4 Å². The number of rotatable bonds is 6. The van der Waals surface area contributed by atoms with Crippen LogP contribution in [0.15, 0.2) is 77.2 Å². The molecule has 0 bridgehead atoms. The van der Waals surface area contributed by atoms with Crippen LogP contribution in [-0.2, 0) is 11.3 Å². The summed E-state index contributed by atoms with van der Waals surface area (Å²) in [5.74, 6) is 1.32. The lowest BCUT2D eigenvalue weighted by Crippen LogP contribution is -2.45. The molecule has 5 nitrogen and oxygen atoms in total. The van der Waals surface area contributed by atoms with Crippen molar-refractivity contribution in [2.45, 2.75) is 13.5 Å². The van der Waals surface area contributed by atoms with E-state index in [1.54, 1.807) is 6.08 Å². The topological polar surface area (TPSA) is 48.7 Å². The molecule has 1 N–H and O–H groups in total. The van der Waals surface area contributed by atoms with Gasteiger partial charge in [-0.1, -0.05) is 30.3 Å². The number of piperazine rings is 1. The summed E-state index contributed by atoms with van der Waals surface area (Å²) in [6.07, 6.45) is 3.16. The minimum atomic E-state index is -0.175. The maximum Gasteiger partial charge on any atom is 0.248 e. The van der Waals surface area contributed by atoms with E-state index in [1.165, 1.54) is 17.3 Å². The third-order valence-corrected chi connectivity index (χ3v) is 5.28. The van der Waals surface area contributed by atoms with Gasteiger partial charge in [0, 0.05) is 50.2 Å². The number of hydrogen-bond donors (Lipinski definition) is 1. The molecule has 0 aliphatic carbocycles. The molecule has 1 aliphatic heterocycles. The molecule has 1 fully saturated rings. The smallest absolute Gasteiger partial charge is 0.248 e. The van der Waals surface area contributed by atoms with Crippen molar-refractivity contribution in [2.24, 2.45) is 0 Å². The van der Waals surface area contributed by atoms with E-state index in [9.17, 15) is 4.79 Å². The first-order valence-corrected chi connectivity index (χ1v) is 10.3. The van der Waals surface area contributed by atoms with E-state index in [0.29, 0.717) is 5.76 Å². The second-order valence-electron chi connectivity index (χ2n) is 7.57. The van der Waals surface area contributed by atoms with Gasteiger partial charge in [-0.15, -0.1) is 0 Å². The highest BCUT2D eigenvalue weighted by Crippen LogP contribution is 2.20. The summed E-state index contributed by atoms with van der Waals surface area (Å²) < 4.78 is 5.43. The van der Waals surface area contributed by atoms with Gasteiger partial charge in [0.15, 0.2) is 0 Å². The van der Waals surface area contributed by atoms with Gasteiger partial charge in [-0.3, -0.25) is 9.69 Å². The molecular weight excluding hydrogens is 374 g/mol. The van der Waals surface area contributed by atoms with Gasteiger partial charge in [0.1, 0.15) is 11.5 Å². The van der Waals surface area contributed by atoms with Gasteiger partial charge in [-0.25, -0.2) is 0 Å². The minimum Gasteiger partial charge on any atom is -0.462 e. The average molecular weight is 402 g/mol.